The monoisotopic (exact) mass is 317 g/mol. The Hall–Kier alpha value is -2.08. The zero-order valence-electron chi connectivity index (χ0n) is 12.7. The molecule has 5 nitrogen and oxygen atoms in total. The van der Waals surface area contributed by atoms with Gasteiger partial charge in [-0.15, -0.1) is 6.58 Å². The van der Waals surface area contributed by atoms with Crippen LogP contribution in [0.15, 0.2) is 40.8 Å². The van der Waals surface area contributed by atoms with Gasteiger partial charge in [-0.2, -0.15) is 11.3 Å². The van der Waals surface area contributed by atoms with Crippen LogP contribution < -0.4 is 5.32 Å². The molecule has 0 saturated heterocycles. The number of hydrogen-bond donors (Lipinski definition) is 1. The molecule has 2 aliphatic heterocycles. The largest absolute Gasteiger partial charge is 0.331 e. The van der Waals surface area contributed by atoms with Gasteiger partial charge < -0.3 is 10.2 Å². The van der Waals surface area contributed by atoms with Crippen molar-refractivity contribution in [3.8, 4) is 0 Å². The van der Waals surface area contributed by atoms with Gasteiger partial charge in [-0.25, -0.2) is 4.79 Å². The molecule has 1 atom stereocenters. The van der Waals surface area contributed by atoms with Crippen LogP contribution in [-0.4, -0.2) is 40.9 Å². The summed E-state index contributed by atoms with van der Waals surface area (Å²) in [5.74, 6) is 0.00950. The van der Waals surface area contributed by atoms with Crippen molar-refractivity contribution < 1.29 is 9.59 Å². The minimum absolute atomic E-state index is 0.00950. The van der Waals surface area contributed by atoms with E-state index >= 15 is 0 Å². The maximum atomic E-state index is 12.8. The van der Waals surface area contributed by atoms with Crippen molar-refractivity contribution in [3.05, 3.63) is 46.3 Å². The van der Waals surface area contributed by atoms with Crippen molar-refractivity contribution >= 4 is 23.3 Å². The average molecular weight is 317 g/mol. The number of carbonyl (C=O) groups excluding carboxylic acids is 2. The number of carbonyl (C=O) groups is 2. The highest BCUT2D eigenvalue weighted by atomic mass is 32.1. The second-order valence-electron chi connectivity index (χ2n) is 5.73. The second kappa shape index (κ2) is 5.61. The highest BCUT2D eigenvalue weighted by Gasteiger charge is 2.44. The minimum atomic E-state index is -0.355. The number of nitrogens with zero attached hydrogens (tertiary/aromatic N) is 2. The summed E-state index contributed by atoms with van der Waals surface area (Å²) < 4.78 is 0. The van der Waals surface area contributed by atoms with Gasteiger partial charge in [0.25, 0.3) is 5.91 Å². The van der Waals surface area contributed by atoms with Crippen LogP contribution in [0.3, 0.4) is 0 Å². The predicted molar refractivity (Wildman–Crippen MR) is 86.4 cm³/mol. The Labute approximate surface area is 133 Å². The van der Waals surface area contributed by atoms with Gasteiger partial charge in [0.15, 0.2) is 0 Å². The SMILES string of the molecule is C=CCN1C(=O)N[C@H](c2ccsc2)C2=C1CN(C(C)C)C2=O. The van der Waals surface area contributed by atoms with Crippen LogP contribution in [0.25, 0.3) is 0 Å². The number of rotatable bonds is 4. The van der Waals surface area contributed by atoms with Crippen LogP contribution in [0.4, 0.5) is 4.79 Å². The Morgan fingerprint density at radius 2 is 2.27 bits per heavy atom. The van der Waals surface area contributed by atoms with Crippen molar-refractivity contribution in [2.45, 2.75) is 25.9 Å². The van der Waals surface area contributed by atoms with Crippen LogP contribution in [-0.2, 0) is 4.79 Å². The summed E-state index contributed by atoms with van der Waals surface area (Å²) in [5, 5.41) is 6.89. The first-order valence-electron chi connectivity index (χ1n) is 7.29. The fourth-order valence-corrected chi connectivity index (χ4v) is 3.63. The summed E-state index contributed by atoms with van der Waals surface area (Å²) in [5.41, 5.74) is 2.45. The van der Waals surface area contributed by atoms with Crippen molar-refractivity contribution in [1.29, 1.82) is 0 Å². The molecule has 22 heavy (non-hydrogen) atoms. The standard InChI is InChI=1S/C16H19N3O2S/c1-4-6-18-12-8-19(10(2)3)15(20)13(12)14(17-16(18)21)11-5-7-22-9-11/h4-5,7,9-10,14H,1,6,8H2,2-3H3,(H,17,21)/t14-/m1/s1. The first-order chi connectivity index (χ1) is 10.5. The van der Waals surface area contributed by atoms with E-state index in [0.717, 1.165) is 11.3 Å². The highest BCUT2D eigenvalue weighted by Crippen LogP contribution is 2.37. The van der Waals surface area contributed by atoms with E-state index in [1.54, 1.807) is 27.2 Å². The lowest BCUT2D eigenvalue weighted by Gasteiger charge is -2.32. The van der Waals surface area contributed by atoms with Gasteiger partial charge in [-0.3, -0.25) is 9.69 Å². The molecule has 0 unspecified atom stereocenters. The third-order valence-corrected chi connectivity index (χ3v) is 4.76. The number of amides is 3. The lowest BCUT2D eigenvalue weighted by atomic mass is 9.98. The quantitative estimate of drug-likeness (QED) is 0.868. The molecule has 3 heterocycles. The van der Waals surface area contributed by atoms with E-state index in [-0.39, 0.29) is 24.0 Å². The molecular weight excluding hydrogens is 298 g/mol. The molecule has 3 rings (SSSR count). The lowest BCUT2D eigenvalue weighted by molar-refractivity contribution is -0.127. The summed E-state index contributed by atoms with van der Waals surface area (Å²) in [4.78, 5) is 28.7. The normalized spacial score (nSPS) is 21.5. The number of hydrogen-bond acceptors (Lipinski definition) is 3. The van der Waals surface area contributed by atoms with Crippen molar-refractivity contribution in [3.63, 3.8) is 0 Å². The zero-order valence-corrected chi connectivity index (χ0v) is 13.5. The maximum absolute atomic E-state index is 12.8. The smallest absolute Gasteiger partial charge is 0.322 e. The Bertz CT molecular complexity index is 648. The third-order valence-electron chi connectivity index (χ3n) is 4.06. The molecule has 1 N–H and O–H groups in total. The van der Waals surface area contributed by atoms with Crippen LogP contribution in [0.1, 0.15) is 25.5 Å². The van der Waals surface area contributed by atoms with Crippen LogP contribution in [0.5, 0.6) is 0 Å². The van der Waals surface area contributed by atoms with E-state index in [2.05, 4.69) is 11.9 Å². The predicted octanol–water partition coefficient (Wildman–Crippen LogP) is 2.51. The van der Waals surface area contributed by atoms with Gasteiger partial charge in [0.05, 0.1) is 23.9 Å². The Balaban J connectivity index is 2.07. The van der Waals surface area contributed by atoms with Crippen LogP contribution >= 0.6 is 11.3 Å². The second-order valence-corrected chi connectivity index (χ2v) is 6.51. The molecule has 0 bridgehead atoms. The molecule has 2 aliphatic rings. The van der Waals surface area contributed by atoms with Gasteiger partial charge in [0.1, 0.15) is 0 Å². The van der Waals surface area contributed by atoms with Gasteiger partial charge in [-0.05, 0) is 36.2 Å². The number of nitrogens with one attached hydrogen (secondary N) is 1. The average Bonchev–Trinajstić information content (AvgIpc) is 3.10. The summed E-state index contributed by atoms with van der Waals surface area (Å²) >= 11 is 1.56. The Morgan fingerprint density at radius 1 is 1.50 bits per heavy atom. The van der Waals surface area contributed by atoms with Gasteiger partial charge in [-0.1, -0.05) is 6.08 Å². The van der Waals surface area contributed by atoms with Crippen molar-refractivity contribution in [2.75, 3.05) is 13.1 Å². The fourth-order valence-electron chi connectivity index (χ4n) is 2.94. The number of urea groups is 1. The van der Waals surface area contributed by atoms with Crippen LogP contribution in [0.2, 0.25) is 0 Å². The van der Waals surface area contributed by atoms with E-state index in [1.165, 1.54) is 0 Å². The molecule has 0 aromatic carbocycles. The molecule has 0 saturated carbocycles. The van der Waals surface area contributed by atoms with Crippen molar-refractivity contribution in [1.82, 2.24) is 15.1 Å². The van der Waals surface area contributed by atoms with Gasteiger partial charge in [0, 0.05) is 12.6 Å². The molecule has 3 amide bonds. The highest BCUT2D eigenvalue weighted by molar-refractivity contribution is 7.08. The maximum Gasteiger partial charge on any atom is 0.322 e. The topological polar surface area (TPSA) is 52.7 Å². The molecule has 6 heteroatoms. The third kappa shape index (κ3) is 2.23. The first kappa shape index (κ1) is 14.8. The molecule has 1 aromatic heterocycles. The van der Waals surface area contributed by atoms with E-state index in [9.17, 15) is 9.59 Å². The molecule has 0 aliphatic carbocycles. The summed E-state index contributed by atoms with van der Waals surface area (Å²) in [6, 6.07) is 1.52. The molecule has 116 valence electrons. The first-order valence-corrected chi connectivity index (χ1v) is 8.24. The van der Waals surface area contributed by atoms with E-state index in [0.29, 0.717) is 18.7 Å². The molecule has 0 radical (unpaired) electrons. The molecular formula is C16H19N3O2S. The van der Waals surface area contributed by atoms with E-state index < -0.39 is 0 Å². The minimum Gasteiger partial charge on any atom is -0.331 e. The Kier molecular flexibility index (Phi) is 3.78. The molecule has 1 aromatic rings. The molecule has 0 fully saturated rings. The summed E-state index contributed by atoms with van der Waals surface area (Å²) in [6.45, 7) is 8.57. The van der Waals surface area contributed by atoms with Gasteiger partial charge >= 0.3 is 6.03 Å². The summed E-state index contributed by atoms with van der Waals surface area (Å²) in [7, 11) is 0. The molecule has 0 spiro atoms. The zero-order chi connectivity index (χ0) is 15.9. The number of thiophene rings is 1. The van der Waals surface area contributed by atoms with E-state index in [4.69, 9.17) is 0 Å². The van der Waals surface area contributed by atoms with E-state index in [1.807, 2.05) is 30.7 Å². The van der Waals surface area contributed by atoms with Gasteiger partial charge in [0.2, 0.25) is 0 Å². The van der Waals surface area contributed by atoms with Crippen molar-refractivity contribution in [2.24, 2.45) is 0 Å². The fraction of sp³-hybridized carbons (Fsp3) is 0.375. The lowest BCUT2D eigenvalue weighted by Crippen LogP contribution is -2.47. The summed E-state index contributed by atoms with van der Waals surface area (Å²) in [6.07, 6.45) is 1.68. The Morgan fingerprint density at radius 3 is 2.86 bits per heavy atom. The van der Waals surface area contributed by atoms with Crippen LogP contribution in [0, 0.1) is 0 Å².